The van der Waals surface area contributed by atoms with Gasteiger partial charge < -0.3 is 14.4 Å². The minimum Gasteiger partial charge on any atom is -0.348 e. The zero-order chi connectivity index (χ0) is 19.8. The van der Waals surface area contributed by atoms with Crippen LogP contribution in [0.5, 0.6) is 0 Å². The van der Waals surface area contributed by atoms with Gasteiger partial charge >= 0.3 is 0 Å². The minimum absolute atomic E-state index is 0.0264. The number of hydrogen-bond donors (Lipinski definition) is 0. The Morgan fingerprint density at radius 1 is 1.18 bits per heavy atom. The Morgan fingerprint density at radius 2 is 1.96 bits per heavy atom. The normalized spacial score (nSPS) is 18.9. The highest BCUT2D eigenvalue weighted by atomic mass is 19.1. The van der Waals surface area contributed by atoms with Crippen LogP contribution in [0.1, 0.15) is 44.0 Å². The topological polar surface area (TPSA) is 45.6 Å². The second-order valence-corrected chi connectivity index (χ2v) is 8.02. The summed E-state index contributed by atoms with van der Waals surface area (Å²) in [7, 11) is 0. The number of benzene rings is 1. The van der Waals surface area contributed by atoms with Gasteiger partial charge in [0.05, 0.1) is 6.04 Å². The smallest absolute Gasteiger partial charge is 0.243 e. The predicted octanol–water partition coefficient (Wildman–Crippen LogP) is 3.21. The number of carbonyl (C=O) groups is 2. The van der Waals surface area contributed by atoms with Crippen LogP contribution in [0.15, 0.2) is 42.6 Å². The molecular weight excluding hydrogens is 357 g/mol. The molecule has 1 aromatic heterocycles. The Hall–Kier alpha value is -2.63. The lowest BCUT2D eigenvalue weighted by atomic mass is 9.99. The van der Waals surface area contributed by atoms with Gasteiger partial charge in [0.2, 0.25) is 11.8 Å². The summed E-state index contributed by atoms with van der Waals surface area (Å²) in [6.07, 6.45) is 3.91. The molecule has 2 heterocycles. The molecule has 2 aliphatic rings. The van der Waals surface area contributed by atoms with E-state index < -0.39 is 0 Å². The Kier molecular flexibility index (Phi) is 4.96. The van der Waals surface area contributed by atoms with Gasteiger partial charge in [-0.25, -0.2) is 4.39 Å². The molecule has 4 rings (SSSR count). The van der Waals surface area contributed by atoms with E-state index in [4.69, 9.17) is 0 Å². The summed E-state index contributed by atoms with van der Waals surface area (Å²) in [6, 6.07) is 10.2. The first kappa shape index (κ1) is 18.7. The Morgan fingerprint density at radius 3 is 2.64 bits per heavy atom. The van der Waals surface area contributed by atoms with E-state index >= 15 is 0 Å². The molecule has 0 bridgehead atoms. The number of hydrogen-bond acceptors (Lipinski definition) is 2. The zero-order valence-electron chi connectivity index (χ0n) is 16.3. The Labute approximate surface area is 164 Å². The molecule has 1 saturated carbocycles. The highest BCUT2D eigenvalue weighted by molar-refractivity contribution is 5.86. The van der Waals surface area contributed by atoms with Crippen LogP contribution in [0, 0.1) is 11.7 Å². The standard InChI is InChI=1S/C22H26FN3O2/c1-15(2)22(28)26(18-8-9-18)14-20(27)25-12-11-24-10-4-7-19(24)21(25)16-5-3-6-17(23)13-16/h3-7,10,13,15,18,21H,8-9,11-12,14H2,1-2H3. The van der Waals surface area contributed by atoms with Crippen LogP contribution in [0.2, 0.25) is 0 Å². The fraction of sp³-hybridized carbons (Fsp3) is 0.455. The summed E-state index contributed by atoms with van der Waals surface area (Å²) in [5, 5.41) is 0. The van der Waals surface area contributed by atoms with Crippen LogP contribution in [-0.4, -0.2) is 45.3 Å². The summed E-state index contributed by atoms with van der Waals surface area (Å²) in [5.74, 6) is -0.504. The van der Waals surface area contributed by atoms with E-state index in [-0.39, 0.29) is 42.2 Å². The monoisotopic (exact) mass is 383 g/mol. The van der Waals surface area contributed by atoms with Crippen molar-refractivity contribution in [3.05, 3.63) is 59.7 Å². The number of aromatic nitrogens is 1. The molecule has 0 radical (unpaired) electrons. The van der Waals surface area contributed by atoms with Crippen LogP contribution < -0.4 is 0 Å². The van der Waals surface area contributed by atoms with Crippen molar-refractivity contribution in [3.63, 3.8) is 0 Å². The van der Waals surface area contributed by atoms with E-state index in [0.717, 1.165) is 24.1 Å². The van der Waals surface area contributed by atoms with Gasteiger partial charge in [0, 0.05) is 36.9 Å². The van der Waals surface area contributed by atoms with Crippen LogP contribution in [0.25, 0.3) is 0 Å². The van der Waals surface area contributed by atoms with Crippen LogP contribution in [-0.2, 0) is 16.1 Å². The molecule has 2 amide bonds. The van der Waals surface area contributed by atoms with Crippen molar-refractivity contribution >= 4 is 11.8 Å². The van der Waals surface area contributed by atoms with Crippen molar-refractivity contribution < 1.29 is 14.0 Å². The maximum atomic E-state index is 13.9. The molecule has 5 nitrogen and oxygen atoms in total. The van der Waals surface area contributed by atoms with E-state index in [0.29, 0.717) is 13.1 Å². The van der Waals surface area contributed by atoms with Gasteiger partial charge in [0.25, 0.3) is 0 Å². The Balaban J connectivity index is 1.63. The summed E-state index contributed by atoms with van der Waals surface area (Å²) in [5.41, 5.74) is 1.72. The highest BCUT2D eigenvalue weighted by Crippen LogP contribution is 2.34. The molecule has 6 heteroatoms. The average molecular weight is 383 g/mol. The molecule has 1 aliphatic carbocycles. The number of nitrogens with zero attached hydrogens (tertiary/aromatic N) is 3. The molecule has 0 saturated heterocycles. The Bertz CT molecular complexity index is 887. The first-order valence-corrected chi connectivity index (χ1v) is 9.96. The second kappa shape index (κ2) is 7.41. The van der Waals surface area contributed by atoms with E-state index in [9.17, 15) is 14.0 Å². The fourth-order valence-corrected chi connectivity index (χ4v) is 4.02. The van der Waals surface area contributed by atoms with Crippen LogP contribution in [0.4, 0.5) is 4.39 Å². The maximum Gasteiger partial charge on any atom is 0.243 e. The zero-order valence-corrected chi connectivity index (χ0v) is 16.3. The average Bonchev–Trinajstić information content (AvgIpc) is 3.40. The van der Waals surface area contributed by atoms with Gasteiger partial charge in [-0.05, 0) is 42.7 Å². The van der Waals surface area contributed by atoms with Gasteiger partial charge in [-0.15, -0.1) is 0 Å². The molecule has 1 atom stereocenters. The minimum atomic E-state index is -0.345. The maximum absolute atomic E-state index is 13.9. The molecule has 0 spiro atoms. The highest BCUT2D eigenvalue weighted by Gasteiger charge is 2.38. The molecule has 148 valence electrons. The van der Waals surface area contributed by atoms with Gasteiger partial charge in [-0.3, -0.25) is 9.59 Å². The van der Waals surface area contributed by atoms with Crippen molar-refractivity contribution in [2.45, 2.75) is 45.3 Å². The molecular formula is C22H26FN3O2. The predicted molar refractivity (Wildman–Crippen MR) is 104 cm³/mol. The molecule has 1 fully saturated rings. The second-order valence-electron chi connectivity index (χ2n) is 8.02. The van der Waals surface area contributed by atoms with Gasteiger partial charge in [-0.2, -0.15) is 0 Å². The van der Waals surface area contributed by atoms with E-state index in [1.54, 1.807) is 15.9 Å². The van der Waals surface area contributed by atoms with Crippen molar-refractivity contribution in [2.75, 3.05) is 13.1 Å². The third-order valence-corrected chi connectivity index (χ3v) is 5.59. The lowest BCUT2D eigenvalue weighted by Crippen LogP contribution is -2.49. The van der Waals surface area contributed by atoms with E-state index in [1.165, 1.54) is 12.1 Å². The molecule has 1 aliphatic heterocycles. The lowest BCUT2D eigenvalue weighted by Gasteiger charge is -2.38. The third kappa shape index (κ3) is 3.55. The summed E-state index contributed by atoms with van der Waals surface area (Å²) >= 11 is 0. The fourth-order valence-electron chi connectivity index (χ4n) is 4.02. The third-order valence-electron chi connectivity index (χ3n) is 5.59. The molecule has 1 aromatic carbocycles. The summed E-state index contributed by atoms with van der Waals surface area (Å²) in [4.78, 5) is 29.4. The summed E-state index contributed by atoms with van der Waals surface area (Å²) in [6.45, 7) is 5.06. The van der Waals surface area contributed by atoms with Crippen molar-refractivity contribution in [1.29, 1.82) is 0 Å². The number of amides is 2. The van der Waals surface area contributed by atoms with Gasteiger partial charge in [-0.1, -0.05) is 26.0 Å². The number of halogens is 1. The molecule has 2 aromatic rings. The quantitative estimate of drug-likeness (QED) is 0.796. The number of rotatable bonds is 5. The van der Waals surface area contributed by atoms with Crippen molar-refractivity contribution in [2.24, 2.45) is 5.92 Å². The lowest BCUT2D eigenvalue weighted by molar-refractivity contribution is -0.144. The SMILES string of the molecule is CC(C)C(=O)N(CC(=O)N1CCn2cccc2C1c1cccc(F)c1)C1CC1. The van der Waals surface area contributed by atoms with Crippen LogP contribution >= 0.6 is 0 Å². The van der Waals surface area contributed by atoms with Gasteiger partial charge in [0.1, 0.15) is 12.4 Å². The van der Waals surface area contributed by atoms with E-state index in [1.807, 2.05) is 38.2 Å². The number of carbonyl (C=O) groups excluding carboxylic acids is 2. The van der Waals surface area contributed by atoms with E-state index in [2.05, 4.69) is 4.57 Å². The summed E-state index contributed by atoms with van der Waals surface area (Å²) < 4.78 is 16.0. The molecule has 1 unspecified atom stereocenters. The molecule has 28 heavy (non-hydrogen) atoms. The van der Waals surface area contributed by atoms with Crippen LogP contribution in [0.3, 0.4) is 0 Å². The largest absolute Gasteiger partial charge is 0.348 e. The molecule has 0 N–H and O–H groups in total. The first-order valence-electron chi connectivity index (χ1n) is 9.96. The van der Waals surface area contributed by atoms with Crippen molar-refractivity contribution in [3.8, 4) is 0 Å². The number of fused-ring (bicyclic) bond motifs is 1. The van der Waals surface area contributed by atoms with Gasteiger partial charge in [0.15, 0.2) is 0 Å². The first-order chi connectivity index (χ1) is 13.5. The van der Waals surface area contributed by atoms with Crippen molar-refractivity contribution in [1.82, 2.24) is 14.4 Å².